The number of hydrogen-bond donors (Lipinski definition) is 1. The molecule has 2 rings (SSSR count). The first-order valence-corrected chi connectivity index (χ1v) is 4.24. The van der Waals surface area contributed by atoms with Gasteiger partial charge < -0.3 is 5.11 Å². The lowest BCUT2D eigenvalue weighted by Crippen LogP contribution is -2.27. The minimum absolute atomic E-state index is 0.0968. The Hall–Kier alpha value is -0.410. The van der Waals surface area contributed by atoms with Gasteiger partial charge in [0.05, 0.1) is 6.10 Å². The van der Waals surface area contributed by atoms with Crippen LogP contribution in [0.2, 0.25) is 0 Å². The van der Waals surface area contributed by atoms with Gasteiger partial charge in [0, 0.05) is 17.0 Å². The van der Waals surface area contributed by atoms with Gasteiger partial charge in [-0.1, -0.05) is 0 Å². The van der Waals surface area contributed by atoms with Gasteiger partial charge in [0.1, 0.15) is 0 Å². The van der Waals surface area contributed by atoms with Crippen LogP contribution in [0.15, 0.2) is 12.3 Å². The summed E-state index contributed by atoms with van der Waals surface area (Å²) in [6.45, 7) is 0. The Morgan fingerprint density at radius 3 is 2.90 bits per heavy atom. The lowest BCUT2D eigenvalue weighted by atomic mass is 9.81. The van der Waals surface area contributed by atoms with Crippen molar-refractivity contribution in [1.29, 1.82) is 0 Å². The molecule has 10 heavy (non-hydrogen) atoms. The second-order valence-electron chi connectivity index (χ2n) is 2.67. The van der Waals surface area contributed by atoms with Crippen LogP contribution >= 0.6 is 11.5 Å². The normalized spacial score (nSPS) is 31.7. The van der Waals surface area contributed by atoms with E-state index >= 15 is 0 Å². The SMILES string of the molecule is OC1CCC1c1ccns1. The maximum Gasteiger partial charge on any atom is 0.0617 e. The molecule has 54 valence electrons. The van der Waals surface area contributed by atoms with Crippen molar-refractivity contribution >= 4 is 11.5 Å². The van der Waals surface area contributed by atoms with E-state index in [9.17, 15) is 5.11 Å². The Labute approximate surface area is 63.7 Å². The fourth-order valence-corrected chi connectivity index (χ4v) is 2.01. The number of rotatable bonds is 1. The highest BCUT2D eigenvalue weighted by Gasteiger charge is 2.30. The summed E-state index contributed by atoms with van der Waals surface area (Å²) in [5.74, 6) is 0.396. The Morgan fingerprint density at radius 1 is 1.60 bits per heavy atom. The third kappa shape index (κ3) is 0.859. The van der Waals surface area contributed by atoms with Gasteiger partial charge in [0.2, 0.25) is 0 Å². The van der Waals surface area contributed by atoms with Crippen LogP contribution in [-0.2, 0) is 0 Å². The maximum atomic E-state index is 9.26. The van der Waals surface area contributed by atoms with Crippen LogP contribution in [0, 0.1) is 0 Å². The quantitative estimate of drug-likeness (QED) is 0.664. The van der Waals surface area contributed by atoms with Gasteiger partial charge in [-0.05, 0) is 30.4 Å². The van der Waals surface area contributed by atoms with Gasteiger partial charge in [-0.2, -0.15) is 0 Å². The fourth-order valence-electron chi connectivity index (χ4n) is 1.23. The summed E-state index contributed by atoms with van der Waals surface area (Å²) < 4.78 is 3.99. The molecule has 0 saturated heterocycles. The third-order valence-electron chi connectivity index (χ3n) is 2.06. The molecule has 1 aliphatic rings. The summed E-state index contributed by atoms with van der Waals surface area (Å²) >= 11 is 1.50. The first kappa shape index (κ1) is 6.31. The largest absolute Gasteiger partial charge is 0.392 e. The van der Waals surface area contributed by atoms with E-state index < -0.39 is 0 Å². The maximum absolute atomic E-state index is 9.26. The summed E-state index contributed by atoms with van der Waals surface area (Å²) in [7, 11) is 0. The number of nitrogens with zero attached hydrogens (tertiary/aromatic N) is 1. The van der Waals surface area contributed by atoms with E-state index in [1.165, 1.54) is 16.4 Å². The smallest absolute Gasteiger partial charge is 0.0617 e. The fraction of sp³-hybridized carbons (Fsp3) is 0.571. The number of hydrogen-bond acceptors (Lipinski definition) is 3. The van der Waals surface area contributed by atoms with Gasteiger partial charge >= 0.3 is 0 Å². The zero-order valence-electron chi connectivity index (χ0n) is 5.53. The molecule has 1 aromatic rings. The lowest BCUT2D eigenvalue weighted by Gasteiger charge is -2.30. The predicted octanol–water partition coefficient (Wildman–Crippen LogP) is 1.38. The third-order valence-corrected chi connectivity index (χ3v) is 2.94. The Bertz CT molecular complexity index is 209. The van der Waals surface area contributed by atoms with Gasteiger partial charge in [0.25, 0.3) is 0 Å². The molecule has 1 heterocycles. The second kappa shape index (κ2) is 2.32. The lowest BCUT2D eigenvalue weighted by molar-refractivity contribution is 0.0677. The summed E-state index contributed by atoms with van der Waals surface area (Å²) in [6.07, 6.45) is 3.79. The first-order chi connectivity index (χ1) is 4.88. The zero-order valence-corrected chi connectivity index (χ0v) is 6.34. The molecular weight excluding hydrogens is 146 g/mol. The zero-order chi connectivity index (χ0) is 6.97. The van der Waals surface area contributed by atoms with E-state index in [1.807, 2.05) is 6.07 Å². The van der Waals surface area contributed by atoms with Crippen LogP contribution in [-0.4, -0.2) is 15.6 Å². The molecule has 0 spiro atoms. The molecular formula is C7H9NOS. The topological polar surface area (TPSA) is 33.1 Å². The molecule has 0 aromatic carbocycles. The van der Waals surface area contributed by atoms with Gasteiger partial charge in [-0.25, -0.2) is 4.37 Å². The summed E-state index contributed by atoms with van der Waals surface area (Å²) in [5.41, 5.74) is 0. The summed E-state index contributed by atoms with van der Waals surface area (Å²) in [4.78, 5) is 1.23. The molecule has 1 saturated carbocycles. The molecule has 0 radical (unpaired) electrons. The van der Waals surface area contributed by atoms with E-state index in [0.717, 1.165) is 12.8 Å². The molecule has 0 amide bonds. The highest BCUT2D eigenvalue weighted by molar-refractivity contribution is 7.05. The molecule has 1 aromatic heterocycles. The van der Waals surface area contributed by atoms with Crippen molar-refractivity contribution in [2.75, 3.05) is 0 Å². The minimum atomic E-state index is -0.0968. The summed E-state index contributed by atoms with van der Waals surface area (Å²) in [6, 6.07) is 2.00. The van der Waals surface area contributed by atoms with Crippen LogP contribution in [0.3, 0.4) is 0 Å². The predicted molar refractivity (Wildman–Crippen MR) is 40.1 cm³/mol. The Morgan fingerprint density at radius 2 is 2.50 bits per heavy atom. The number of aromatic nitrogens is 1. The number of aliphatic hydroxyl groups excluding tert-OH is 1. The van der Waals surface area contributed by atoms with Gasteiger partial charge in [-0.3, -0.25) is 0 Å². The molecule has 1 N–H and O–H groups in total. The Kier molecular flexibility index (Phi) is 1.47. The van der Waals surface area contributed by atoms with Crippen LogP contribution in [0.25, 0.3) is 0 Å². The van der Waals surface area contributed by atoms with E-state index in [1.54, 1.807) is 6.20 Å². The molecule has 0 bridgehead atoms. The molecule has 2 nitrogen and oxygen atoms in total. The standard InChI is InChI=1S/C7H9NOS/c9-6-2-1-5(6)7-3-4-8-10-7/h3-6,9H,1-2H2. The molecule has 0 aliphatic heterocycles. The highest BCUT2D eigenvalue weighted by Crippen LogP contribution is 2.37. The van der Waals surface area contributed by atoms with Crippen molar-refractivity contribution in [3.63, 3.8) is 0 Å². The van der Waals surface area contributed by atoms with E-state index in [2.05, 4.69) is 4.37 Å². The van der Waals surface area contributed by atoms with Crippen molar-refractivity contribution in [1.82, 2.24) is 4.37 Å². The van der Waals surface area contributed by atoms with Crippen molar-refractivity contribution in [3.8, 4) is 0 Å². The second-order valence-corrected chi connectivity index (χ2v) is 3.53. The van der Waals surface area contributed by atoms with Gasteiger partial charge in [-0.15, -0.1) is 0 Å². The summed E-state index contributed by atoms with van der Waals surface area (Å²) in [5, 5.41) is 9.26. The van der Waals surface area contributed by atoms with Crippen LogP contribution in [0.5, 0.6) is 0 Å². The van der Waals surface area contributed by atoms with Crippen LogP contribution < -0.4 is 0 Å². The van der Waals surface area contributed by atoms with E-state index in [4.69, 9.17) is 0 Å². The monoisotopic (exact) mass is 155 g/mol. The average molecular weight is 155 g/mol. The Balaban J connectivity index is 2.14. The van der Waals surface area contributed by atoms with Crippen molar-refractivity contribution in [3.05, 3.63) is 17.1 Å². The molecule has 2 unspecified atom stereocenters. The molecule has 3 heteroatoms. The van der Waals surface area contributed by atoms with Crippen molar-refractivity contribution < 1.29 is 5.11 Å². The first-order valence-electron chi connectivity index (χ1n) is 3.46. The molecule has 2 atom stereocenters. The van der Waals surface area contributed by atoms with Crippen LogP contribution in [0.1, 0.15) is 23.6 Å². The van der Waals surface area contributed by atoms with Crippen LogP contribution in [0.4, 0.5) is 0 Å². The van der Waals surface area contributed by atoms with Crippen molar-refractivity contribution in [2.45, 2.75) is 24.9 Å². The highest BCUT2D eigenvalue weighted by atomic mass is 32.1. The minimum Gasteiger partial charge on any atom is -0.392 e. The molecule has 1 fully saturated rings. The number of aliphatic hydroxyl groups is 1. The average Bonchev–Trinajstić information content (AvgIpc) is 2.37. The van der Waals surface area contributed by atoms with Gasteiger partial charge in [0.15, 0.2) is 0 Å². The molecule has 1 aliphatic carbocycles. The van der Waals surface area contributed by atoms with E-state index in [-0.39, 0.29) is 6.10 Å². The van der Waals surface area contributed by atoms with E-state index in [0.29, 0.717) is 5.92 Å². The van der Waals surface area contributed by atoms with Crippen molar-refractivity contribution in [2.24, 2.45) is 0 Å².